The van der Waals surface area contributed by atoms with Crippen molar-refractivity contribution >= 4 is 6.09 Å². The zero-order valence-corrected chi connectivity index (χ0v) is 9.55. The van der Waals surface area contributed by atoms with Gasteiger partial charge in [-0.25, -0.2) is 4.79 Å². The molecule has 4 nitrogen and oxygen atoms in total. The number of hydrogen-bond acceptors (Lipinski definition) is 3. The van der Waals surface area contributed by atoms with Gasteiger partial charge in [-0.05, 0) is 38.9 Å². The van der Waals surface area contributed by atoms with Gasteiger partial charge in [-0.15, -0.1) is 0 Å². The van der Waals surface area contributed by atoms with Crippen LogP contribution in [0.1, 0.15) is 19.3 Å². The standard InChI is InChI=1S/C10H17F3N2O2/c11-10(12,13)8-17-9(16)14-4-3-7-15-5-1-2-6-15/h1-8H2,(H,14,16). The molecule has 0 radical (unpaired) electrons. The summed E-state index contributed by atoms with van der Waals surface area (Å²) in [5.41, 5.74) is 0. The Morgan fingerprint density at radius 3 is 2.53 bits per heavy atom. The van der Waals surface area contributed by atoms with Gasteiger partial charge in [0.15, 0.2) is 6.61 Å². The maximum atomic E-state index is 11.7. The van der Waals surface area contributed by atoms with Crippen molar-refractivity contribution in [3.05, 3.63) is 0 Å². The van der Waals surface area contributed by atoms with Crippen LogP contribution in [0.25, 0.3) is 0 Å². The number of halogens is 3. The molecule has 1 amide bonds. The summed E-state index contributed by atoms with van der Waals surface area (Å²) in [6.45, 7) is 1.80. The van der Waals surface area contributed by atoms with E-state index in [0.717, 1.165) is 26.1 Å². The van der Waals surface area contributed by atoms with Gasteiger partial charge >= 0.3 is 12.3 Å². The number of amides is 1. The van der Waals surface area contributed by atoms with Crippen molar-refractivity contribution in [1.29, 1.82) is 0 Å². The number of alkyl halides is 3. The quantitative estimate of drug-likeness (QED) is 0.760. The summed E-state index contributed by atoms with van der Waals surface area (Å²) in [6, 6.07) is 0. The van der Waals surface area contributed by atoms with Crippen LogP contribution in [0.2, 0.25) is 0 Å². The molecule has 1 saturated heterocycles. The molecule has 0 aromatic heterocycles. The molecule has 17 heavy (non-hydrogen) atoms. The fourth-order valence-electron chi connectivity index (χ4n) is 1.70. The van der Waals surface area contributed by atoms with Crippen molar-refractivity contribution in [3.8, 4) is 0 Å². The molecule has 7 heteroatoms. The molecule has 1 aliphatic heterocycles. The second-order valence-electron chi connectivity index (χ2n) is 4.02. The van der Waals surface area contributed by atoms with Crippen LogP contribution in [0.3, 0.4) is 0 Å². The van der Waals surface area contributed by atoms with E-state index < -0.39 is 18.9 Å². The Hall–Kier alpha value is -0.980. The largest absolute Gasteiger partial charge is 0.440 e. The third-order valence-corrected chi connectivity index (χ3v) is 2.49. The minimum atomic E-state index is -4.47. The van der Waals surface area contributed by atoms with Crippen LogP contribution in [0.15, 0.2) is 0 Å². The molecule has 1 rings (SSSR count). The molecule has 0 aliphatic carbocycles. The fraction of sp³-hybridized carbons (Fsp3) is 0.900. The number of ether oxygens (including phenoxy) is 1. The molecule has 1 N–H and O–H groups in total. The fourth-order valence-corrected chi connectivity index (χ4v) is 1.70. The number of hydrogen-bond donors (Lipinski definition) is 1. The number of likely N-dealkylation sites (tertiary alicyclic amines) is 1. The average Bonchev–Trinajstić information content (AvgIpc) is 2.73. The molecule has 0 saturated carbocycles. The third kappa shape index (κ3) is 7.04. The Kier molecular flexibility index (Phi) is 5.54. The van der Waals surface area contributed by atoms with Crippen LogP contribution >= 0.6 is 0 Å². The van der Waals surface area contributed by atoms with E-state index in [1.54, 1.807) is 0 Å². The normalized spacial score (nSPS) is 17.1. The Morgan fingerprint density at radius 1 is 1.29 bits per heavy atom. The van der Waals surface area contributed by atoms with E-state index in [0.29, 0.717) is 6.54 Å². The first-order valence-corrected chi connectivity index (χ1v) is 5.67. The molecule has 1 aliphatic rings. The van der Waals surface area contributed by atoms with Gasteiger partial charge in [-0.1, -0.05) is 0 Å². The first-order valence-electron chi connectivity index (χ1n) is 5.67. The second-order valence-corrected chi connectivity index (χ2v) is 4.02. The van der Waals surface area contributed by atoms with Crippen molar-refractivity contribution in [2.75, 3.05) is 32.8 Å². The number of alkyl carbamates (subject to hydrolysis) is 1. The smallest absolute Gasteiger partial charge is 0.422 e. The Morgan fingerprint density at radius 2 is 1.94 bits per heavy atom. The van der Waals surface area contributed by atoms with Gasteiger partial charge in [0.1, 0.15) is 0 Å². The molecule has 0 bridgehead atoms. The Balaban J connectivity index is 1.96. The molecule has 0 spiro atoms. The molecule has 0 aromatic rings. The number of carbonyl (C=O) groups excluding carboxylic acids is 1. The van der Waals surface area contributed by atoms with E-state index >= 15 is 0 Å². The summed E-state index contributed by atoms with van der Waals surface area (Å²) in [7, 11) is 0. The zero-order valence-electron chi connectivity index (χ0n) is 9.55. The third-order valence-electron chi connectivity index (χ3n) is 2.49. The van der Waals surface area contributed by atoms with Gasteiger partial charge in [0.25, 0.3) is 0 Å². The van der Waals surface area contributed by atoms with Crippen LogP contribution in [-0.4, -0.2) is 50.0 Å². The van der Waals surface area contributed by atoms with Crippen LogP contribution < -0.4 is 5.32 Å². The predicted molar refractivity (Wildman–Crippen MR) is 55.7 cm³/mol. The Bertz CT molecular complexity index is 240. The molecule has 0 atom stereocenters. The molecule has 0 aromatic carbocycles. The molecule has 0 unspecified atom stereocenters. The molecule has 1 fully saturated rings. The van der Waals surface area contributed by atoms with Crippen molar-refractivity contribution in [2.24, 2.45) is 0 Å². The van der Waals surface area contributed by atoms with Crippen LogP contribution in [0, 0.1) is 0 Å². The lowest BCUT2D eigenvalue weighted by molar-refractivity contribution is -0.160. The predicted octanol–water partition coefficient (Wildman–Crippen LogP) is 1.76. The summed E-state index contributed by atoms with van der Waals surface area (Å²) in [4.78, 5) is 13.1. The highest BCUT2D eigenvalue weighted by molar-refractivity contribution is 5.67. The van der Waals surface area contributed by atoms with E-state index in [2.05, 4.69) is 15.0 Å². The first-order chi connectivity index (χ1) is 7.97. The van der Waals surface area contributed by atoms with Crippen molar-refractivity contribution in [2.45, 2.75) is 25.4 Å². The van der Waals surface area contributed by atoms with Gasteiger partial charge < -0.3 is 15.0 Å². The highest BCUT2D eigenvalue weighted by Crippen LogP contribution is 2.14. The van der Waals surface area contributed by atoms with Crippen LogP contribution in [0.5, 0.6) is 0 Å². The number of nitrogens with one attached hydrogen (secondary N) is 1. The van der Waals surface area contributed by atoms with Gasteiger partial charge in [-0.3, -0.25) is 0 Å². The lowest BCUT2D eigenvalue weighted by Crippen LogP contribution is -2.31. The molecular weight excluding hydrogens is 237 g/mol. The molecule has 1 heterocycles. The Labute approximate surface area is 98.1 Å². The molecular formula is C10H17F3N2O2. The van der Waals surface area contributed by atoms with E-state index in [9.17, 15) is 18.0 Å². The van der Waals surface area contributed by atoms with Gasteiger partial charge in [-0.2, -0.15) is 13.2 Å². The topological polar surface area (TPSA) is 41.6 Å². The summed E-state index contributed by atoms with van der Waals surface area (Å²) in [6.07, 6.45) is -2.36. The summed E-state index contributed by atoms with van der Waals surface area (Å²) < 4.78 is 39.1. The maximum Gasteiger partial charge on any atom is 0.422 e. The highest BCUT2D eigenvalue weighted by Gasteiger charge is 2.29. The van der Waals surface area contributed by atoms with E-state index in [4.69, 9.17) is 0 Å². The van der Waals surface area contributed by atoms with Crippen LogP contribution in [-0.2, 0) is 4.74 Å². The zero-order chi connectivity index (χ0) is 12.7. The van der Waals surface area contributed by atoms with E-state index in [-0.39, 0.29) is 0 Å². The first kappa shape index (κ1) is 14.1. The second kappa shape index (κ2) is 6.68. The summed E-state index contributed by atoms with van der Waals surface area (Å²) >= 11 is 0. The lowest BCUT2D eigenvalue weighted by Gasteiger charge is -2.14. The lowest BCUT2D eigenvalue weighted by atomic mass is 10.4. The number of nitrogens with zero attached hydrogens (tertiary/aromatic N) is 1. The van der Waals surface area contributed by atoms with Gasteiger partial charge in [0, 0.05) is 6.54 Å². The number of rotatable bonds is 5. The SMILES string of the molecule is O=C(NCCCN1CCCC1)OCC(F)(F)F. The van der Waals surface area contributed by atoms with Gasteiger partial charge in [0.05, 0.1) is 0 Å². The maximum absolute atomic E-state index is 11.7. The van der Waals surface area contributed by atoms with E-state index in [1.165, 1.54) is 12.8 Å². The minimum Gasteiger partial charge on any atom is -0.440 e. The minimum absolute atomic E-state index is 0.340. The number of carbonyl (C=O) groups is 1. The van der Waals surface area contributed by atoms with Crippen molar-refractivity contribution in [3.63, 3.8) is 0 Å². The monoisotopic (exact) mass is 254 g/mol. The van der Waals surface area contributed by atoms with E-state index in [1.807, 2.05) is 0 Å². The van der Waals surface area contributed by atoms with Crippen molar-refractivity contribution in [1.82, 2.24) is 10.2 Å². The average molecular weight is 254 g/mol. The van der Waals surface area contributed by atoms with Crippen LogP contribution in [0.4, 0.5) is 18.0 Å². The summed E-state index contributed by atoms with van der Waals surface area (Å²) in [5, 5.41) is 2.29. The summed E-state index contributed by atoms with van der Waals surface area (Å²) in [5.74, 6) is 0. The van der Waals surface area contributed by atoms with Crippen molar-refractivity contribution < 1.29 is 22.7 Å². The molecule has 100 valence electrons. The van der Waals surface area contributed by atoms with Gasteiger partial charge in [0.2, 0.25) is 0 Å². The highest BCUT2D eigenvalue weighted by atomic mass is 19.4.